The summed E-state index contributed by atoms with van der Waals surface area (Å²) < 4.78 is 54.0. The van der Waals surface area contributed by atoms with Crippen molar-refractivity contribution in [2.24, 2.45) is 0 Å². The number of carbonyl (C=O) groups excluding carboxylic acids is 1. The number of methoxy groups -OCH3 is 2. The fraction of sp³-hybridized carbons (Fsp3) is 0.318. The van der Waals surface area contributed by atoms with Crippen molar-refractivity contribution in [2.45, 2.75) is 25.1 Å². The van der Waals surface area contributed by atoms with Crippen molar-refractivity contribution >= 4 is 5.91 Å². The van der Waals surface area contributed by atoms with Crippen molar-refractivity contribution in [1.82, 2.24) is 15.0 Å². The van der Waals surface area contributed by atoms with Crippen LogP contribution in [0.3, 0.4) is 0 Å². The maximum Gasteiger partial charge on any atom is 0.416 e. The molecular weight excluding hydrogens is 427 g/mol. The number of hydrogen-bond acceptors (Lipinski definition) is 6. The van der Waals surface area contributed by atoms with Gasteiger partial charge in [-0.15, -0.1) is 0 Å². The molecule has 0 bridgehead atoms. The van der Waals surface area contributed by atoms with Gasteiger partial charge in [-0.3, -0.25) is 4.79 Å². The number of aromatic nitrogens is 2. The van der Waals surface area contributed by atoms with E-state index in [9.17, 15) is 18.0 Å². The Balaban J connectivity index is 1.45. The lowest BCUT2D eigenvalue weighted by Gasteiger charge is -2.17. The van der Waals surface area contributed by atoms with Gasteiger partial charge in [-0.1, -0.05) is 11.2 Å². The van der Waals surface area contributed by atoms with E-state index in [0.29, 0.717) is 36.0 Å². The Labute approximate surface area is 181 Å². The maximum absolute atomic E-state index is 12.7. The lowest BCUT2D eigenvalue weighted by molar-refractivity contribution is -0.137. The smallest absolute Gasteiger partial charge is 0.416 e. The number of carbonyl (C=O) groups is 1. The van der Waals surface area contributed by atoms with Crippen molar-refractivity contribution < 1.29 is 32.0 Å². The third kappa shape index (κ3) is 4.39. The average molecular weight is 447 g/mol. The highest BCUT2D eigenvalue weighted by atomic mass is 19.4. The summed E-state index contributed by atoms with van der Waals surface area (Å²) in [5.74, 6) is 1.32. The average Bonchev–Trinajstić information content (AvgIpc) is 3.40. The van der Waals surface area contributed by atoms with E-state index in [1.807, 2.05) is 12.1 Å². The number of likely N-dealkylation sites (tertiary alicyclic amines) is 1. The molecule has 1 saturated heterocycles. The molecule has 0 saturated carbocycles. The van der Waals surface area contributed by atoms with Crippen molar-refractivity contribution in [3.63, 3.8) is 0 Å². The fourth-order valence-electron chi connectivity index (χ4n) is 3.62. The number of halogens is 3. The Hall–Kier alpha value is -3.56. The molecule has 1 aliphatic rings. The van der Waals surface area contributed by atoms with Gasteiger partial charge >= 0.3 is 6.18 Å². The molecule has 2 heterocycles. The van der Waals surface area contributed by atoms with Crippen LogP contribution in [0.5, 0.6) is 11.5 Å². The van der Waals surface area contributed by atoms with E-state index in [2.05, 4.69) is 10.1 Å². The van der Waals surface area contributed by atoms with E-state index in [1.165, 1.54) is 12.1 Å². The highest BCUT2D eigenvalue weighted by molar-refractivity contribution is 5.79. The lowest BCUT2D eigenvalue weighted by Crippen LogP contribution is -2.24. The minimum atomic E-state index is -4.42. The van der Waals surface area contributed by atoms with Crippen molar-refractivity contribution in [3.8, 4) is 23.0 Å². The Kier molecular flexibility index (Phi) is 5.77. The van der Waals surface area contributed by atoms with E-state index in [0.717, 1.165) is 17.7 Å². The lowest BCUT2D eigenvalue weighted by atomic mass is 10.1. The second-order valence-electron chi connectivity index (χ2n) is 7.40. The summed E-state index contributed by atoms with van der Waals surface area (Å²) in [7, 11) is 3.10. The molecule has 0 aliphatic carbocycles. The quantitative estimate of drug-likeness (QED) is 0.561. The van der Waals surface area contributed by atoms with Crippen molar-refractivity contribution in [3.05, 3.63) is 59.4 Å². The molecule has 2 aromatic carbocycles. The zero-order valence-electron chi connectivity index (χ0n) is 17.3. The van der Waals surface area contributed by atoms with Crippen LogP contribution in [0.1, 0.15) is 29.3 Å². The van der Waals surface area contributed by atoms with Gasteiger partial charge in [0.1, 0.15) is 0 Å². The van der Waals surface area contributed by atoms with Crippen molar-refractivity contribution in [1.29, 1.82) is 0 Å². The molecule has 1 aromatic heterocycles. The van der Waals surface area contributed by atoms with Crippen LogP contribution in [0.4, 0.5) is 13.2 Å². The van der Waals surface area contributed by atoms with Crippen LogP contribution in [-0.4, -0.2) is 41.7 Å². The number of nitrogens with zero attached hydrogens (tertiary/aromatic N) is 3. The second-order valence-corrected chi connectivity index (χ2v) is 7.40. The van der Waals surface area contributed by atoms with Crippen LogP contribution in [0.15, 0.2) is 47.0 Å². The van der Waals surface area contributed by atoms with E-state index >= 15 is 0 Å². The largest absolute Gasteiger partial charge is 0.493 e. The monoisotopic (exact) mass is 447 g/mol. The number of ether oxygens (including phenoxy) is 2. The van der Waals surface area contributed by atoms with Gasteiger partial charge in [0.2, 0.25) is 5.91 Å². The first-order valence-electron chi connectivity index (χ1n) is 9.78. The second kappa shape index (κ2) is 8.52. The molecule has 7 nitrogen and oxygen atoms in total. The summed E-state index contributed by atoms with van der Waals surface area (Å²) >= 11 is 0. The van der Waals surface area contributed by atoms with Gasteiger partial charge in [-0.2, -0.15) is 18.2 Å². The molecule has 0 radical (unpaired) electrons. The van der Waals surface area contributed by atoms with Gasteiger partial charge in [0.05, 0.1) is 19.8 Å². The van der Waals surface area contributed by atoms with Crippen molar-refractivity contribution in [2.75, 3.05) is 20.8 Å². The molecule has 1 amide bonds. The Bertz CT molecular complexity index is 1110. The summed E-state index contributed by atoms with van der Waals surface area (Å²) in [5, 5.41) is 3.95. The number of rotatable bonds is 6. The number of benzene rings is 2. The van der Waals surface area contributed by atoms with Crippen LogP contribution in [0, 0.1) is 0 Å². The summed E-state index contributed by atoms with van der Waals surface area (Å²) in [4.78, 5) is 18.5. The molecule has 0 N–H and O–H groups in total. The van der Waals surface area contributed by atoms with E-state index in [1.54, 1.807) is 25.2 Å². The van der Waals surface area contributed by atoms with Crippen LogP contribution < -0.4 is 9.47 Å². The maximum atomic E-state index is 12.7. The van der Waals surface area contributed by atoms with Crippen LogP contribution in [-0.2, 0) is 17.5 Å². The predicted molar refractivity (Wildman–Crippen MR) is 107 cm³/mol. The van der Waals surface area contributed by atoms with E-state index in [-0.39, 0.29) is 24.1 Å². The zero-order chi connectivity index (χ0) is 22.9. The topological polar surface area (TPSA) is 77.7 Å². The van der Waals surface area contributed by atoms with Gasteiger partial charge in [0.15, 0.2) is 17.3 Å². The molecule has 1 atom stereocenters. The first-order valence-corrected chi connectivity index (χ1v) is 9.78. The first kappa shape index (κ1) is 21.7. The van der Waals surface area contributed by atoms with E-state index < -0.39 is 11.7 Å². The minimum absolute atomic E-state index is 0.0503. The van der Waals surface area contributed by atoms with Gasteiger partial charge in [-0.05, 0) is 42.0 Å². The predicted octanol–water partition coefficient (Wildman–Crippen LogP) is 4.29. The molecule has 4 rings (SSSR count). The van der Waals surface area contributed by atoms with Gasteiger partial charge < -0.3 is 18.9 Å². The SMILES string of the molecule is COc1ccc(CN2CC(c3noc(-c4ccc(C(F)(F)F)cc4)n3)CC2=O)cc1OC. The summed E-state index contributed by atoms with van der Waals surface area (Å²) in [5.41, 5.74) is 0.506. The standard InChI is InChI=1S/C22H20F3N3O4/c1-30-17-8-3-13(9-18(17)31-2)11-28-12-15(10-19(28)29)20-26-21(32-27-20)14-4-6-16(7-5-14)22(23,24)25/h3-9,15H,10-12H2,1-2H3. The Morgan fingerprint density at radius 1 is 1.09 bits per heavy atom. The van der Waals surface area contributed by atoms with E-state index in [4.69, 9.17) is 14.0 Å². The normalized spacial score (nSPS) is 16.5. The zero-order valence-corrected chi connectivity index (χ0v) is 17.3. The molecule has 10 heteroatoms. The van der Waals surface area contributed by atoms with Crippen LogP contribution in [0.2, 0.25) is 0 Å². The molecular formula is C22H20F3N3O4. The van der Waals surface area contributed by atoms with Gasteiger partial charge in [-0.25, -0.2) is 0 Å². The highest BCUT2D eigenvalue weighted by Crippen LogP contribution is 2.33. The number of amides is 1. The highest BCUT2D eigenvalue weighted by Gasteiger charge is 2.34. The molecule has 1 aliphatic heterocycles. The molecule has 168 valence electrons. The molecule has 1 unspecified atom stereocenters. The van der Waals surface area contributed by atoms with Crippen LogP contribution >= 0.6 is 0 Å². The minimum Gasteiger partial charge on any atom is -0.493 e. The van der Waals surface area contributed by atoms with Crippen LogP contribution in [0.25, 0.3) is 11.5 Å². The number of alkyl halides is 3. The third-order valence-electron chi connectivity index (χ3n) is 5.30. The Morgan fingerprint density at radius 3 is 2.47 bits per heavy atom. The number of hydrogen-bond donors (Lipinski definition) is 0. The Morgan fingerprint density at radius 2 is 1.81 bits per heavy atom. The molecule has 3 aromatic rings. The molecule has 32 heavy (non-hydrogen) atoms. The summed E-state index contributed by atoms with van der Waals surface area (Å²) in [6, 6.07) is 9.94. The third-order valence-corrected chi connectivity index (χ3v) is 5.30. The summed E-state index contributed by atoms with van der Waals surface area (Å²) in [6.07, 6.45) is -4.20. The fourth-order valence-corrected chi connectivity index (χ4v) is 3.62. The van der Waals surface area contributed by atoms with Gasteiger partial charge in [0, 0.05) is 31.0 Å². The molecule has 1 fully saturated rings. The summed E-state index contributed by atoms with van der Waals surface area (Å²) in [6.45, 7) is 0.790. The van der Waals surface area contributed by atoms with Gasteiger partial charge in [0.25, 0.3) is 5.89 Å². The molecule has 0 spiro atoms. The first-order chi connectivity index (χ1) is 15.3.